The molecule has 0 fully saturated rings. The van der Waals surface area contributed by atoms with Crippen LogP contribution in [0.5, 0.6) is 0 Å². The number of nitrogens with two attached hydrogens (primary N) is 1. The molecule has 0 saturated carbocycles. The van der Waals surface area contributed by atoms with Gasteiger partial charge in [0, 0.05) is 6.42 Å². The first-order valence-corrected chi connectivity index (χ1v) is 10.1. The summed E-state index contributed by atoms with van der Waals surface area (Å²) in [6.07, 6.45) is -0.266. The quantitative estimate of drug-likeness (QED) is 0.164. The molecule has 8 N–H and O–H groups in total. The largest absolute Gasteiger partial charge is 0.481 e. The van der Waals surface area contributed by atoms with Crippen LogP contribution in [0, 0.1) is 11.8 Å². The van der Waals surface area contributed by atoms with Crippen LogP contribution in [0.1, 0.15) is 47.0 Å². The van der Waals surface area contributed by atoms with Crippen molar-refractivity contribution in [2.75, 3.05) is 6.61 Å². The van der Waals surface area contributed by atoms with Crippen LogP contribution in [0.15, 0.2) is 0 Å². The molecule has 0 spiro atoms. The van der Waals surface area contributed by atoms with Crippen LogP contribution >= 0.6 is 0 Å². The highest BCUT2D eigenvalue weighted by atomic mass is 16.4. The minimum atomic E-state index is -1.33. The first-order valence-electron chi connectivity index (χ1n) is 10.1. The summed E-state index contributed by atoms with van der Waals surface area (Å²) in [4.78, 5) is 59.8. The van der Waals surface area contributed by atoms with Gasteiger partial charge in [0.2, 0.25) is 17.7 Å². The molecule has 0 rings (SSSR count). The Balaban J connectivity index is 5.52. The Hall–Kier alpha value is -2.73. The van der Waals surface area contributed by atoms with Crippen molar-refractivity contribution < 1.29 is 39.3 Å². The zero-order valence-electron chi connectivity index (χ0n) is 18.3. The fourth-order valence-corrected chi connectivity index (χ4v) is 2.61. The van der Waals surface area contributed by atoms with Crippen LogP contribution in [0.3, 0.4) is 0 Å². The van der Waals surface area contributed by atoms with E-state index in [0.717, 1.165) is 0 Å². The van der Waals surface area contributed by atoms with Gasteiger partial charge in [-0.3, -0.25) is 19.2 Å². The van der Waals surface area contributed by atoms with Crippen LogP contribution in [0.2, 0.25) is 0 Å². The molecule has 0 bridgehead atoms. The number of carbonyl (C=O) groups is 5. The maximum Gasteiger partial charge on any atom is 0.326 e. The lowest BCUT2D eigenvalue weighted by atomic mass is 9.98. The number of carbonyl (C=O) groups excluding carboxylic acids is 3. The number of aliphatic hydroxyl groups excluding tert-OH is 1. The van der Waals surface area contributed by atoms with Crippen LogP contribution in [0.25, 0.3) is 0 Å². The van der Waals surface area contributed by atoms with Gasteiger partial charge in [0.05, 0.1) is 6.61 Å². The van der Waals surface area contributed by atoms with E-state index in [1.54, 1.807) is 27.7 Å². The van der Waals surface area contributed by atoms with E-state index in [4.69, 9.17) is 15.9 Å². The normalized spacial score (nSPS) is 15.8. The highest BCUT2D eigenvalue weighted by Crippen LogP contribution is 2.10. The highest BCUT2D eigenvalue weighted by Gasteiger charge is 2.33. The molecule has 5 atom stereocenters. The van der Waals surface area contributed by atoms with Gasteiger partial charge in [0.1, 0.15) is 24.2 Å². The maximum atomic E-state index is 12.7. The van der Waals surface area contributed by atoms with Crippen molar-refractivity contribution in [3.63, 3.8) is 0 Å². The molecule has 5 unspecified atom stereocenters. The third-order valence-corrected chi connectivity index (χ3v) is 4.84. The minimum Gasteiger partial charge on any atom is -0.481 e. The monoisotopic (exact) mass is 446 g/mol. The molecule has 0 heterocycles. The Labute approximate surface area is 180 Å². The fraction of sp³-hybridized carbons (Fsp3) is 0.737. The van der Waals surface area contributed by atoms with Crippen molar-refractivity contribution in [1.29, 1.82) is 0 Å². The highest BCUT2D eigenvalue weighted by molar-refractivity contribution is 5.94. The molecule has 0 aliphatic heterocycles. The van der Waals surface area contributed by atoms with E-state index in [2.05, 4.69) is 16.0 Å². The van der Waals surface area contributed by atoms with E-state index in [-0.39, 0.29) is 6.42 Å². The molecule has 0 aliphatic rings. The molecule has 0 aromatic carbocycles. The Bertz CT molecular complexity index is 655. The summed E-state index contributed by atoms with van der Waals surface area (Å²) in [6.45, 7) is 6.02. The SMILES string of the molecule is CCC(C)C(NC(=O)C(CCC(=O)O)NC(=O)C(NC(=O)C(N)CO)C(C)C)C(=O)O. The number of carboxylic acids is 2. The summed E-state index contributed by atoms with van der Waals surface area (Å²) in [6, 6.07) is -4.91. The number of nitrogens with one attached hydrogen (secondary N) is 3. The first kappa shape index (κ1) is 28.3. The third kappa shape index (κ3) is 9.75. The van der Waals surface area contributed by atoms with Crippen molar-refractivity contribution in [2.45, 2.75) is 71.1 Å². The average molecular weight is 447 g/mol. The molecule has 12 nitrogen and oxygen atoms in total. The molecule has 31 heavy (non-hydrogen) atoms. The molecule has 0 saturated heterocycles. The Morgan fingerprint density at radius 3 is 1.84 bits per heavy atom. The molecule has 0 aromatic rings. The summed E-state index contributed by atoms with van der Waals surface area (Å²) in [5.74, 6) is -5.67. The zero-order chi connectivity index (χ0) is 24.3. The second-order valence-corrected chi connectivity index (χ2v) is 7.72. The van der Waals surface area contributed by atoms with Crippen molar-refractivity contribution >= 4 is 29.7 Å². The first-order chi connectivity index (χ1) is 14.3. The van der Waals surface area contributed by atoms with Crippen molar-refractivity contribution in [2.24, 2.45) is 17.6 Å². The summed E-state index contributed by atoms with van der Waals surface area (Å²) < 4.78 is 0. The van der Waals surface area contributed by atoms with Crippen molar-refractivity contribution in [1.82, 2.24) is 16.0 Å². The molecule has 0 aromatic heterocycles. The van der Waals surface area contributed by atoms with E-state index < -0.39 is 78.7 Å². The Kier molecular flexibility index (Phi) is 12.4. The average Bonchev–Trinajstić information content (AvgIpc) is 2.70. The van der Waals surface area contributed by atoms with Gasteiger partial charge in [-0.2, -0.15) is 0 Å². The van der Waals surface area contributed by atoms with Gasteiger partial charge >= 0.3 is 11.9 Å². The maximum absolute atomic E-state index is 12.7. The number of aliphatic carboxylic acids is 2. The number of rotatable bonds is 14. The van der Waals surface area contributed by atoms with Gasteiger partial charge in [0.15, 0.2) is 0 Å². The Morgan fingerprint density at radius 2 is 1.42 bits per heavy atom. The van der Waals surface area contributed by atoms with E-state index >= 15 is 0 Å². The second-order valence-electron chi connectivity index (χ2n) is 7.72. The molecule has 12 heteroatoms. The lowest BCUT2D eigenvalue weighted by Crippen LogP contribution is -2.59. The summed E-state index contributed by atoms with van der Waals surface area (Å²) in [7, 11) is 0. The number of hydrogen-bond acceptors (Lipinski definition) is 7. The van der Waals surface area contributed by atoms with Crippen LogP contribution in [0.4, 0.5) is 0 Å². The predicted molar refractivity (Wildman–Crippen MR) is 110 cm³/mol. The third-order valence-electron chi connectivity index (χ3n) is 4.84. The van der Waals surface area contributed by atoms with Gasteiger partial charge in [0.25, 0.3) is 0 Å². The van der Waals surface area contributed by atoms with Gasteiger partial charge in [-0.25, -0.2) is 4.79 Å². The summed E-state index contributed by atoms with van der Waals surface area (Å²) in [5.41, 5.74) is 5.44. The summed E-state index contributed by atoms with van der Waals surface area (Å²) >= 11 is 0. The second kappa shape index (κ2) is 13.5. The lowest BCUT2D eigenvalue weighted by molar-refractivity contribution is -0.144. The number of hydrogen-bond donors (Lipinski definition) is 7. The van der Waals surface area contributed by atoms with Crippen molar-refractivity contribution in [3.8, 4) is 0 Å². The van der Waals surface area contributed by atoms with E-state index in [9.17, 15) is 29.1 Å². The molecule has 0 radical (unpaired) electrons. The molecule has 3 amide bonds. The summed E-state index contributed by atoms with van der Waals surface area (Å²) in [5, 5.41) is 34.4. The van der Waals surface area contributed by atoms with Crippen LogP contribution < -0.4 is 21.7 Å². The standard InChI is InChI=1S/C19H34N4O8/c1-5-10(4)15(19(30)31)23-17(28)12(6-7-13(25)26)21-18(29)14(9(2)3)22-16(27)11(20)8-24/h9-12,14-15,24H,5-8,20H2,1-4H3,(H,21,29)(H,22,27)(H,23,28)(H,25,26)(H,30,31). The van der Waals surface area contributed by atoms with Gasteiger partial charge in [-0.15, -0.1) is 0 Å². The lowest BCUT2D eigenvalue weighted by Gasteiger charge is -2.27. The fourth-order valence-electron chi connectivity index (χ4n) is 2.61. The number of carboxylic acid groups (broad SMARTS) is 2. The Morgan fingerprint density at radius 1 is 0.871 bits per heavy atom. The van der Waals surface area contributed by atoms with Gasteiger partial charge in [-0.1, -0.05) is 34.1 Å². The van der Waals surface area contributed by atoms with Gasteiger partial charge in [-0.05, 0) is 18.3 Å². The molecular weight excluding hydrogens is 412 g/mol. The van der Waals surface area contributed by atoms with Crippen molar-refractivity contribution in [3.05, 3.63) is 0 Å². The topological polar surface area (TPSA) is 208 Å². The molecule has 0 aliphatic carbocycles. The zero-order valence-corrected chi connectivity index (χ0v) is 18.3. The molecular formula is C19H34N4O8. The smallest absolute Gasteiger partial charge is 0.326 e. The minimum absolute atomic E-state index is 0.283. The number of amides is 3. The predicted octanol–water partition coefficient (Wildman–Crippen LogP) is -1.59. The van der Waals surface area contributed by atoms with E-state index in [1.807, 2.05) is 0 Å². The van der Waals surface area contributed by atoms with E-state index in [0.29, 0.717) is 6.42 Å². The van der Waals surface area contributed by atoms with Crippen LogP contribution in [-0.4, -0.2) is 75.8 Å². The van der Waals surface area contributed by atoms with Crippen LogP contribution in [-0.2, 0) is 24.0 Å². The number of aliphatic hydroxyl groups is 1. The molecule has 178 valence electrons. The van der Waals surface area contributed by atoms with E-state index in [1.165, 1.54) is 0 Å². The van der Waals surface area contributed by atoms with Gasteiger partial charge < -0.3 is 37.0 Å².